The molecule has 29 heavy (non-hydrogen) atoms. The number of carbonyl (C=O) groups excluding carboxylic acids is 2. The van der Waals surface area contributed by atoms with Gasteiger partial charge in [-0.05, 0) is 75.4 Å². The van der Waals surface area contributed by atoms with Gasteiger partial charge < -0.3 is 21.3 Å². The molecule has 6 heteroatoms. The number of carbonyl (C=O) groups is 2. The Labute approximate surface area is 173 Å². The molecule has 0 bridgehead atoms. The van der Waals surface area contributed by atoms with E-state index in [1.165, 1.54) is 12.0 Å². The van der Waals surface area contributed by atoms with Crippen molar-refractivity contribution in [3.8, 4) is 0 Å². The molecular weight excluding hydrogens is 364 g/mol. The largest absolute Gasteiger partial charge is 0.369 e. The molecule has 1 saturated carbocycles. The van der Waals surface area contributed by atoms with Crippen LogP contribution >= 0.6 is 0 Å². The third kappa shape index (κ3) is 4.48. The number of amides is 2. The summed E-state index contributed by atoms with van der Waals surface area (Å²) in [5.74, 6) is 0.564. The summed E-state index contributed by atoms with van der Waals surface area (Å²) in [7, 11) is 0. The Bertz CT molecular complexity index is 727. The number of hydrogen-bond donors (Lipinski definition) is 3. The lowest BCUT2D eigenvalue weighted by molar-refractivity contribution is -0.128. The third-order valence-corrected chi connectivity index (χ3v) is 7.41. The fourth-order valence-corrected chi connectivity index (χ4v) is 5.43. The van der Waals surface area contributed by atoms with Crippen LogP contribution < -0.4 is 16.4 Å². The Morgan fingerprint density at radius 1 is 1.14 bits per heavy atom. The lowest BCUT2D eigenvalue weighted by Crippen LogP contribution is -2.44. The quantitative estimate of drug-likeness (QED) is 0.685. The standard InChI is InChI=1S/C23H34N4O2/c24-21(28)18-9-13-27(14-10-18)12-8-17-4-6-20(7-5-17)26-22(29)23-11-2-1-3-19(23)15-25-16-23/h4-7,18-19,25H,1-3,8-16H2,(H2,24,28)(H,26,29)/t19-,23+/m0/s1. The third-order valence-electron chi connectivity index (χ3n) is 7.41. The van der Waals surface area contributed by atoms with Gasteiger partial charge in [-0.1, -0.05) is 25.0 Å². The summed E-state index contributed by atoms with van der Waals surface area (Å²) in [6.45, 7) is 4.67. The SMILES string of the molecule is NC(=O)C1CCN(CCc2ccc(NC(=O)[C@@]34CCCC[C@H]3CNC4)cc2)CC1. The van der Waals surface area contributed by atoms with E-state index in [-0.39, 0.29) is 23.1 Å². The lowest BCUT2D eigenvalue weighted by Gasteiger charge is -2.37. The normalized spacial score (nSPS) is 28.1. The molecule has 2 aliphatic heterocycles. The Morgan fingerprint density at radius 3 is 2.62 bits per heavy atom. The first-order valence-electron chi connectivity index (χ1n) is 11.2. The van der Waals surface area contributed by atoms with Gasteiger partial charge in [-0.25, -0.2) is 0 Å². The van der Waals surface area contributed by atoms with Gasteiger partial charge in [0.2, 0.25) is 11.8 Å². The van der Waals surface area contributed by atoms with E-state index in [4.69, 9.17) is 5.73 Å². The predicted octanol–water partition coefficient (Wildman–Crippen LogP) is 2.14. The maximum absolute atomic E-state index is 13.1. The van der Waals surface area contributed by atoms with Crippen molar-refractivity contribution < 1.29 is 9.59 Å². The monoisotopic (exact) mass is 398 g/mol. The second-order valence-electron chi connectivity index (χ2n) is 9.15. The summed E-state index contributed by atoms with van der Waals surface area (Å²) in [6, 6.07) is 8.30. The highest BCUT2D eigenvalue weighted by Gasteiger charge is 2.49. The number of rotatable bonds is 6. The number of piperidine rings is 1. The van der Waals surface area contributed by atoms with E-state index < -0.39 is 0 Å². The van der Waals surface area contributed by atoms with Gasteiger partial charge in [-0.2, -0.15) is 0 Å². The molecule has 2 saturated heterocycles. The van der Waals surface area contributed by atoms with Crippen molar-refractivity contribution in [3.63, 3.8) is 0 Å². The van der Waals surface area contributed by atoms with Crippen LogP contribution in [0.15, 0.2) is 24.3 Å². The molecule has 3 aliphatic rings. The highest BCUT2D eigenvalue weighted by molar-refractivity contribution is 5.96. The minimum absolute atomic E-state index is 0.0486. The van der Waals surface area contributed by atoms with Crippen LogP contribution in [0.2, 0.25) is 0 Å². The first kappa shape index (κ1) is 20.4. The van der Waals surface area contributed by atoms with Crippen molar-refractivity contribution >= 4 is 17.5 Å². The van der Waals surface area contributed by atoms with Gasteiger partial charge in [0.15, 0.2) is 0 Å². The number of likely N-dealkylation sites (tertiary alicyclic amines) is 1. The molecule has 6 nitrogen and oxygen atoms in total. The van der Waals surface area contributed by atoms with Crippen molar-refractivity contribution in [2.45, 2.75) is 44.9 Å². The van der Waals surface area contributed by atoms with Gasteiger partial charge in [0, 0.05) is 24.7 Å². The molecular formula is C23H34N4O2. The first-order chi connectivity index (χ1) is 14.1. The molecule has 2 heterocycles. The molecule has 1 aromatic rings. The number of benzene rings is 1. The number of anilines is 1. The zero-order valence-corrected chi connectivity index (χ0v) is 17.3. The van der Waals surface area contributed by atoms with Crippen LogP contribution in [0.3, 0.4) is 0 Å². The number of nitrogens with one attached hydrogen (secondary N) is 2. The van der Waals surface area contributed by atoms with Crippen molar-refractivity contribution in [1.29, 1.82) is 0 Å². The summed E-state index contributed by atoms with van der Waals surface area (Å²) >= 11 is 0. The molecule has 4 rings (SSSR count). The van der Waals surface area contributed by atoms with Crippen molar-refractivity contribution in [2.24, 2.45) is 23.0 Å². The van der Waals surface area contributed by atoms with Gasteiger partial charge >= 0.3 is 0 Å². The average Bonchev–Trinajstić information content (AvgIpc) is 3.19. The van der Waals surface area contributed by atoms with Gasteiger partial charge in [-0.3, -0.25) is 9.59 Å². The molecule has 1 aromatic carbocycles. The fourth-order valence-electron chi connectivity index (χ4n) is 5.43. The van der Waals surface area contributed by atoms with E-state index in [1.54, 1.807) is 0 Å². The highest BCUT2D eigenvalue weighted by atomic mass is 16.2. The first-order valence-corrected chi connectivity index (χ1v) is 11.2. The van der Waals surface area contributed by atoms with Crippen LogP contribution in [0.1, 0.15) is 44.1 Å². The summed E-state index contributed by atoms with van der Waals surface area (Å²) in [5.41, 5.74) is 7.37. The van der Waals surface area contributed by atoms with Crippen LogP contribution in [-0.4, -0.2) is 49.4 Å². The summed E-state index contributed by atoms with van der Waals surface area (Å²) in [6.07, 6.45) is 7.29. The molecule has 2 amide bonds. The smallest absolute Gasteiger partial charge is 0.232 e. The van der Waals surface area contributed by atoms with Gasteiger partial charge in [0.1, 0.15) is 0 Å². The lowest BCUT2D eigenvalue weighted by atomic mass is 9.67. The second-order valence-corrected chi connectivity index (χ2v) is 9.15. The van der Waals surface area contributed by atoms with Crippen LogP contribution in [0.25, 0.3) is 0 Å². The molecule has 0 unspecified atom stereocenters. The van der Waals surface area contributed by atoms with E-state index in [9.17, 15) is 9.59 Å². The summed E-state index contributed by atoms with van der Waals surface area (Å²) in [5, 5.41) is 6.64. The van der Waals surface area contributed by atoms with Crippen LogP contribution in [-0.2, 0) is 16.0 Å². The zero-order valence-electron chi connectivity index (χ0n) is 17.3. The Kier molecular flexibility index (Phi) is 6.20. The van der Waals surface area contributed by atoms with Gasteiger partial charge in [0.05, 0.1) is 5.41 Å². The van der Waals surface area contributed by atoms with E-state index >= 15 is 0 Å². The number of hydrogen-bond acceptors (Lipinski definition) is 4. The molecule has 0 spiro atoms. The molecule has 0 radical (unpaired) electrons. The predicted molar refractivity (Wildman–Crippen MR) is 114 cm³/mol. The zero-order chi connectivity index (χ0) is 20.3. The highest BCUT2D eigenvalue weighted by Crippen LogP contribution is 2.44. The second kappa shape index (κ2) is 8.84. The van der Waals surface area contributed by atoms with Gasteiger partial charge in [0.25, 0.3) is 0 Å². The Balaban J connectivity index is 1.27. The molecule has 4 N–H and O–H groups in total. The van der Waals surface area contributed by atoms with Crippen LogP contribution in [0.5, 0.6) is 0 Å². The van der Waals surface area contributed by atoms with Crippen molar-refractivity contribution in [2.75, 3.05) is 38.0 Å². The Hall–Kier alpha value is -1.92. The van der Waals surface area contributed by atoms with E-state index in [2.05, 4.69) is 27.7 Å². The molecule has 1 aliphatic carbocycles. The van der Waals surface area contributed by atoms with Crippen LogP contribution in [0.4, 0.5) is 5.69 Å². The van der Waals surface area contributed by atoms with Gasteiger partial charge in [-0.15, -0.1) is 0 Å². The molecule has 0 aromatic heterocycles. The maximum atomic E-state index is 13.1. The van der Waals surface area contributed by atoms with E-state index in [0.29, 0.717) is 5.92 Å². The van der Waals surface area contributed by atoms with Crippen LogP contribution in [0, 0.1) is 17.3 Å². The minimum atomic E-state index is -0.214. The topological polar surface area (TPSA) is 87.5 Å². The van der Waals surface area contributed by atoms with Crippen molar-refractivity contribution in [1.82, 2.24) is 10.2 Å². The number of nitrogens with two attached hydrogens (primary N) is 1. The molecule has 2 atom stereocenters. The number of fused-ring (bicyclic) bond motifs is 1. The number of primary amides is 1. The Morgan fingerprint density at radius 2 is 1.90 bits per heavy atom. The van der Waals surface area contributed by atoms with Crippen molar-refractivity contribution in [3.05, 3.63) is 29.8 Å². The van der Waals surface area contributed by atoms with E-state index in [0.717, 1.165) is 76.9 Å². The summed E-state index contributed by atoms with van der Waals surface area (Å²) < 4.78 is 0. The number of nitrogens with zero attached hydrogens (tertiary/aromatic N) is 1. The average molecular weight is 399 g/mol. The summed E-state index contributed by atoms with van der Waals surface area (Å²) in [4.78, 5) is 26.8. The minimum Gasteiger partial charge on any atom is -0.369 e. The fraction of sp³-hybridized carbons (Fsp3) is 0.652. The maximum Gasteiger partial charge on any atom is 0.232 e. The molecule has 3 fully saturated rings. The molecule has 158 valence electrons. The van der Waals surface area contributed by atoms with E-state index in [1.807, 2.05) is 12.1 Å².